The molecule has 0 saturated heterocycles. The minimum atomic E-state index is 0.0445. The Kier molecular flexibility index (Phi) is 6.39. The molecule has 0 bridgehead atoms. The smallest absolute Gasteiger partial charge is 0.247 e. The predicted octanol–water partition coefficient (Wildman–Crippen LogP) is 5.16. The Labute approximate surface area is 206 Å². The number of ether oxygens (including phenoxy) is 1. The Morgan fingerprint density at radius 3 is 2.77 bits per heavy atom. The molecule has 0 fully saturated rings. The molecule has 2 aromatic heterocycles. The number of fused-ring (bicyclic) bond motifs is 2. The highest BCUT2D eigenvalue weighted by Crippen LogP contribution is 2.37. The first kappa shape index (κ1) is 23.2. The molecular formula is C29H34N4O2. The van der Waals surface area contributed by atoms with Crippen LogP contribution in [0.5, 0.6) is 5.75 Å². The average Bonchev–Trinajstić information content (AvgIpc) is 3.54. The van der Waals surface area contributed by atoms with Gasteiger partial charge in [-0.25, -0.2) is 0 Å². The van der Waals surface area contributed by atoms with Crippen LogP contribution in [0.1, 0.15) is 36.8 Å². The molecule has 0 spiro atoms. The van der Waals surface area contributed by atoms with Crippen LogP contribution in [-0.2, 0) is 11.3 Å². The number of rotatable bonds is 9. The number of hydrogen-bond acceptors (Lipinski definition) is 3. The van der Waals surface area contributed by atoms with Gasteiger partial charge in [0.15, 0.2) is 0 Å². The Morgan fingerprint density at radius 1 is 1.14 bits per heavy atom. The molecule has 0 aliphatic carbocycles. The third kappa shape index (κ3) is 4.46. The molecule has 35 heavy (non-hydrogen) atoms. The molecule has 5 rings (SSSR count). The van der Waals surface area contributed by atoms with Gasteiger partial charge < -0.3 is 24.5 Å². The van der Waals surface area contributed by atoms with Crippen LogP contribution < -0.4 is 10.1 Å². The second-order valence-corrected chi connectivity index (χ2v) is 9.81. The fourth-order valence-corrected chi connectivity index (χ4v) is 5.30. The van der Waals surface area contributed by atoms with E-state index < -0.39 is 0 Å². The highest BCUT2D eigenvalue weighted by Gasteiger charge is 2.28. The predicted molar refractivity (Wildman–Crippen MR) is 143 cm³/mol. The number of hydrogen-bond donors (Lipinski definition) is 2. The SMILES string of the molecule is COc1ccc2c(c1)c(C1=C(CC(C)c3c[nH]c4ccccc34)C(=O)NC1)cn2CCCN(C)C. The van der Waals surface area contributed by atoms with Gasteiger partial charge in [-0.1, -0.05) is 25.1 Å². The number of aromatic amines is 1. The van der Waals surface area contributed by atoms with Crippen LogP contribution in [0.15, 0.2) is 60.4 Å². The van der Waals surface area contributed by atoms with E-state index >= 15 is 0 Å². The third-order valence-electron chi connectivity index (χ3n) is 7.14. The summed E-state index contributed by atoms with van der Waals surface area (Å²) in [6, 6.07) is 14.6. The number of methoxy groups -OCH3 is 1. The standard InChI is InChI=1S/C29H34N4O2/c1-19(24-16-30-27-9-6-5-8-21(24)27)14-23-25(17-31-29(23)34)26-18-33(13-7-12-32(2)3)28-11-10-20(35-4)15-22(26)28/h5-6,8-11,15-16,18-19,30H,7,12-14,17H2,1-4H3,(H,31,34). The lowest BCUT2D eigenvalue weighted by Crippen LogP contribution is -2.18. The summed E-state index contributed by atoms with van der Waals surface area (Å²) in [6.45, 7) is 4.72. The van der Waals surface area contributed by atoms with Gasteiger partial charge in [0.1, 0.15) is 5.75 Å². The number of para-hydroxylation sites is 1. The van der Waals surface area contributed by atoms with E-state index in [-0.39, 0.29) is 11.8 Å². The van der Waals surface area contributed by atoms with E-state index in [1.165, 1.54) is 16.5 Å². The van der Waals surface area contributed by atoms with Crippen molar-refractivity contribution in [3.05, 3.63) is 71.6 Å². The van der Waals surface area contributed by atoms with Crippen LogP contribution in [0.3, 0.4) is 0 Å². The zero-order valence-electron chi connectivity index (χ0n) is 21.0. The summed E-state index contributed by atoms with van der Waals surface area (Å²) in [4.78, 5) is 18.6. The van der Waals surface area contributed by atoms with Crippen molar-refractivity contribution < 1.29 is 9.53 Å². The van der Waals surface area contributed by atoms with Crippen LogP contribution >= 0.6 is 0 Å². The van der Waals surface area contributed by atoms with Gasteiger partial charge in [0.05, 0.1) is 7.11 Å². The van der Waals surface area contributed by atoms with Crippen molar-refractivity contribution in [1.29, 1.82) is 0 Å². The number of amides is 1. The number of aromatic nitrogens is 2. The van der Waals surface area contributed by atoms with E-state index in [0.717, 1.165) is 52.9 Å². The second kappa shape index (κ2) is 9.62. The fourth-order valence-electron chi connectivity index (χ4n) is 5.30. The number of aryl methyl sites for hydroxylation is 1. The van der Waals surface area contributed by atoms with Gasteiger partial charge in [0.2, 0.25) is 5.91 Å². The first-order chi connectivity index (χ1) is 17.0. The molecule has 2 aromatic carbocycles. The molecule has 1 aliphatic rings. The lowest BCUT2D eigenvalue weighted by atomic mass is 9.90. The molecule has 0 saturated carbocycles. The van der Waals surface area contributed by atoms with Gasteiger partial charge in [-0.05, 0) is 74.8 Å². The van der Waals surface area contributed by atoms with Crippen LogP contribution in [0.2, 0.25) is 0 Å². The molecule has 1 amide bonds. The van der Waals surface area contributed by atoms with Crippen molar-refractivity contribution in [2.75, 3.05) is 34.3 Å². The Hall–Kier alpha value is -3.51. The third-order valence-corrected chi connectivity index (χ3v) is 7.14. The summed E-state index contributed by atoms with van der Waals surface area (Å²) in [5.41, 5.74) is 6.68. The molecule has 6 nitrogen and oxygen atoms in total. The zero-order chi connectivity index (χ0) is 24.5. The number of H-pyrrole nitrogens is 1. The summed E-state index contributed by atoms with van der Waals surface area (Å²) < 4.78 is 7.87. The van der Waals surface area contributed by atoms with Gasteiger partial charge in [-0.15, -0.1) is 0 Å². The lowest BCUT2D eigenvalue weighted by Gasteiger charge is -2.12. The molecule has 0 radical (unpaired) electrons. The minimum Gasteiger partial charge on any atom is -0.497 e. The maximum atomic E-state index is 13.0. The van der Waals surface area contributed by atoms with E-state index in [1.54, 1.807) is 7.11 Å². The molecule has 6 heteroatoms. The van der Waals surface area contributed by atoms with Crippen molar-refractivity contribution in [3.8, 4) is 5.75 Å². The molecular weight excluding hydrogens is 436 g/mol. The topological polar surface area (TPSA) is 62.3 Å². The van der Waals surface area contributed by atoms with E-state index in [0.29, 0.717) is 13.0 Å². The van der Waals surface area contributed by atoms with Crippen molar-refractivity contribution in [2.45, 2.75) is 32.2 Å². The minimum absolute atomic E-state index is 0.0445. The van der Waals surface area contributed by atoms with E-state index in [9.17, 15) is 4.79 Å². The van der Waals surface area contributed by atoms with E-state index in [4.69, 9.17) is 4.74 Å². The summed E-state index contributed by atoms with van der Waals surface area (Å²) in [6.07, 6.45) is 6.07. The molecule has 2 N–H and O–H groups in total. The van der Waals surface area contributed by atoms with Crippen molar-refractivity contribution >= 4 is 33.3 Å². The molecule has 1 atom stereocenters. The van der Waals surface area contributed by atoms with Gasteiger partial charge in [-0.3, -0.25) is 4.79 Å². The summed E-state index contributed by atoms with van der Waals surface area (Å²) in [7, 11) is 5.90. The van der Waals surface area contributed by atoms with Crippen molar-refractivity contribution in [1.82, 2.24) is 19.8 Å². The molecule has 3 heterocycles. The number of carbonyl (C=O) groups is 1. The van der Waals surface area contributed by atoms with Crippen LogP contribution in [0, 0.1) is 0 Å². The fraction of sp³-hybridized carbons (Fsp3) is 0.345. The zero-order valence-corrected chi connectivity index (χ0v) is 21.0. The van der Waals surface area contributed by atoms with Gasteiger partial charge in [0.25, 0.3) is 0 Å². The largest absolute Gasteiger partial charge is 0.497 e. The average molecular weight is 471 g/mol. The summed E-state index contributed by atoms with van der Waals surface area (Å²) in [5, 5.41) is 5.46. The van der Waals surface area contributed by atoms with Gasteiger partial charge in [0, 0.05) is 58.4 Å². The molecule has 1 aliphatic heterocycles. The molecule has 182 valence electrons. The number of nitrogens with one attached hydrogen (secondary N) is 2. The Bertz CT molecular complexity index is 1410. The Balaban J connectivity index is 1.54. The van der Waals surface area contributed by atoms with E-state index in [1.807, 2.05) is 12.1 Å². The van der Waals surface area contributed by atoms with Crippen LogP contribution in [0.25, 0.3) is 27.4 Å². The number of benzene rings is 2. The normalized spacial score (nSPS) is 14.9. The quantitative estimate of drug-likeness (QED) is 0.355. The number of carbonyl (C=O) groups excluding carboxylic acids is 1. The number of nitrogens with zero attached hydrogens (tertiary/aromatic N) is 2. The molecule has 4 aromatic rings. The van der Waals surface area contributed by atoms with Crippen LogP contribution in [0.4, 0.5) is 0 Å². The summed E-state index contributed by atoms with van der Waals surface area (Å²) >= 11 is 0. The Morgan fingerprint density at radius 2 is 1.97 bits per heavy atom. The second-order valence-electron chi connectivity index (χ2n) is 9.81. The van der Waals surface area contributed by atoms with Crippen molar-refractivity contribution in [3.63, 3.8) is 0 Å². The summed E-state index contributed by atoms with van der Waals surface area (Å²) in [5.74, 6) is 1.09. The first-order valence-electron chi connectivity index (χ1n) is 12.3. The monoisotopic (exact) mass is 470 g/mol. The lowest BCUT2D eigenvalue weighted by molar-refractivity contribution is -0.116. The highest BCUT2D eigenvalue weighted by molar-refractivity contribution is 6.09. The van der Waals surface area contributed by atoms with Crippen LogP contribution in [-0.4, -0.2) is 54.7 Å². The van der Waals surface area contributed by atoms with Gasteiger partial charge in [-0.2, -0.15) is 0 Å². The molecule has 1 unspecified atom stereocenters. The van der Waals surface area contributed by atoms with Gasteiger partial charge >= 0.3 is 0 Å². The maximum Gasteiger partial charge on any atom is 0.247 e. The first-order valence-corrected chi connectivity index (χ1v) is 12.3. The maximum absolute atomic E-state index is 13.0. The van der Waals surface area contributed by atoms with Crippen molar-refractivity contribution in [2.24, 2.45) is 0 Å². The van der Waals surface area contributed by atoms with E-state index in [2.05, 4.69) is 83.5 Å². The highest BCUT2D eigenvalue weighted by atomic mass is 16.5.